The number of nitrogens with zero attached hydrogens (tertiary/aromatic N) is 4. The van der Waals surface area contributed by atoms with Gasteiger partial charge >= 0.3 is 11.8 Å². The SMILES string of the molecule is Cc1cccc(NC(=O)c2c(O)[n+](Cc3cnc(Cl)s3)c3ccccn23)n1. The highest BCUT2D eigenvalue weighted by atomic mass is 35.5. The third-order valence-corrected chi connectivity index (χ3v) is 5.11. The lowest BCUT2D eigenvalue weighted by Crippen LogP contribution is -2.33. The fraction of sp³-hybridized carbons (Fsp3) is 0.111. The number of aryl methyl sites for hydroxylation is 1. The number of pyridine rings is 2. The number of rotatable bonds is 4. The average molecular weight is 401 g/mol. The molecule has 0 saturated heterocycles. The smallest absolute Gasteiger partial charge is 0.337 e. The van der Waals surface area contributed by atoms with Crippen molar-refractivity contribution in [2.45, 2.75) is 13.5 Å². The number of imidazole rings is 1. The second kappa shape index (κ2) is 6.98. The van der Waals surface area contributed by atoms with Gasteiger partial charge in [-0.3, -0.25) is 4.79 Å². The number of fused-ring (bicyclic) bond motifs is 1. The van der Waals surface area contributed by atoms with E-state index in [1.807, 2.05) is 31.2 Å². The van der Waals surface area contributed by atoms with Gasteiger partial charge < -0.3 is 10.4 Å². The van der Waals surface area contributed by atoms with Gasteiger partial charge in [0.05, 0.1) is 11.1 Å². The van der Waals surface area contributed by atoms with E-state index in [2.05, 4.69) is 15.3 Å². The van der Waals surface area contributed by atoms with Gasteiger partial charge in [-0.25, -0.2) is 9.97 Å². The molecule has 4 rings (SSSR count). The van der Waals surface area contributed by atoms with Gasteiger partial charge in [-0.05, 0) is 25.1 Å². The molecule has 4 aromatic rings. The van der Waals surface area contributed by atoms with E-state index in [4.69, 9.17) is 11.6 Å². The predicted molar refractivity (Wildman–Crippen MR) is 102 cm³/mol. The minimum absolute atomic E-state index is 0.129. The van der Waals surface area contributed by atoms with Gasteiger partial charge in [0.2, 0.25) is 0 Å². The van der Waals surface area contributed by atoms with Gasteiger partial charge in [0, 0.05) is 18.0 Å². The Kier molecular flexibility index (Phi) is 4.51. The number of thiazole rings is 1. The van der Waals surface area contributed by atoms with Crippen LogP contribution in [0.2, 0.25) is 4.47 Å². The van der Waals surface area contributed by atoms with Crippen LogP contribution in [0.25, 0.3) is 5.65 Å². The second-order valence-corrected chi connectivity index (χ2v) is 7.58. The Bertz CT molecular complexity index is 1150. The summed E-state index contributed by atoms with van der Waals surface area (Å²) in [4.78, 5) is 22.0. The van der Waals surface area contributed by atoms with Crippen LogP contribution in [0.15, 0.2) is 48.8 Å². The summed E-state index contributed by atoms with van der Waals surface area (Å²) in [5, 5.41) is 13.5. The Morgan fingerprint density at radius 1 is 1.33 bits per heavy atom. The van der Waals surface area contributed by atoms with E-state index >= 15 is 0 Å². The molecule has 4 heterocycles. The molecule has 136 valence electrons. The molecule has 0 aromatic carbocycles. The van der Waals surface area contributed by atoms with Crippen molar-refractivity contribution in [3.8, 4) is 5.88 Å². The Balaban J connectivity index is 1.76. The van der Waals surface area contributed by atoms with Crippen LogP contribution in [0, 0.1) is 6.92 Å². The molecular weight excluding hydrogens is 386 g/mol. The maximum atomic E-state index is 12.9. The minimum atomic E-state index is -0.451. The van der Waals surface area contributed by atoms with Crippen molar-refractivity contribution >= 4 is 40.3 Å². The van der Waals surface area contributed by atoms with Gasteiger partial charge in [0.15, 0.2) is 4.47 Å². The summed E-state index contributed by atoms with van der Waals surface area (Å²) >= 11 is 7.23. The van der Waals surface area contributed by atoms with Gasteiger partial charge in [-0.15, -0.1) is 11.3 Å². The van der Waals surface area contributed by atoms with Crippen LogP contribution in [0.4, 0.5) is 5.82 Å². The van der Waals surface area contributed by atoms with Gasteiger partial charge in [0.1, 0.15) is 12.4 Å². The highest BCUT2D eigenvalue weighted by Gasteiger charge is 2.31. The van der Waals surface area contributed by atoms with Gasteiger partial charge in [0.25, 0.3) is 11.3 Å². The molecule has 0 unspecified atom stereocenters. The van der Waals surface area contributed by atoms with Crippen molar-refractivity contribution < 1.29 is 14.5 Å². The number of aromatic hydroxyl groups is 1. The van der Waals surface area contributed by atoms with E-state index in [-0.39, 0.29) is 11.6 Å². The van der Waals surface area contributed by atoms with E-state index in [0.717, 1.165) is 10.6 Å². The van der Waals surface area contributed by atoms with Crippen LogP contribution >= 0.6 is 22.9 Å². The summed E-state index contributed by atoms with van der Waals surface area (Å²) in [6.45, 7) is 2.19. The number of hydrogen-bond donors (Lipinski definition) is 2. The van der Waals surface area contributed by atoms with E-state index in [9.17, 15) is 9.90 Å². The average Bonchev–Trinajstić information content (AvgIpc) is 3.17. The summed E-state index contributed by atoms with van der Waals surface area (Å²) in [6.07, 6.45) is 3.38. The number of amides is 1. The zero-order chi connectivity index (χ0) is 19.0. The highest BCUT2D eigenvalue weighted by molar-refractivity contribution is 7.15. The fourth-order valence-corrected chi connectivity index (χ4v) is 3.82. The standard InChI is InChI=1S/C18H14ClN5O2S/c1-11-5-4-6-13(21-11)22-16(25)15-17(26)24(10-12-9-20-18(19)27-12)14-7-2-3-8-23(14)15/h2-9H,10H2,1H3,(H-,21,22,25,26)/p+1. The van der Waals surface area contributed by atoms with Crippen LogP contribution in [0.1, 0.15) is 21.1 Å². The first-order chi connectivity index (χ1) is 13.0. The molecule has 0 saturated carbocycles. The van der Waals surface area contributed by atoms with Crippen molar-refractivity contribution in [3.63, 3.8) is 0 Å². The molecule has 1 amide bonds. The Morgan fingerprint density at radius 2 is 2.19 bits per heavy atom. The molecule has 0 aliphatic carbocycles. The van der Waals surface area contributed by atoms with Crippen molar-refractivity contribution in [2.24, 2.45) is 0 Å². The van der Waals surface area contributed by atoms with Crippen LogP contribution in [0.5, 0.6) is 5.88 Å². The molecule has 0 fully saturated rings. The first-order valence-corrected chi connectivity index (χ1v) is 9.29. The topological polar surface area (TPSA) is 83.4 Å². The van der Waals surface area contributed by atoms with Crippen LogP contribution in [0.3, 0.4) is 0 Å². The molecule has 0 aliphatic heterocycles. The third-order valence-electron chi connectivity index (χ3n) is 4.01. The minimum Gasteiger partial charge on any atom is -0.474 e. The second-order valence-electron chi connectivity index (χ2n) is 5.89. The molecule has 0 spiro atoms. The summed E-state index contributed by atoms with van der Waals surface area (Å²) in [6, 6.07) is 10.8. The summed E-state index contributed by atoms with van der Waals surface area (Å²) in [7, 11) is 0. The lowest BCUT2D eigenvalue weighted by molar-refractivity contribution is -0.667. The molecule has 9 heteroatoms. The molecule has 0 bridgehead atoms. The Morgan fingerprint density at radius 3 is 2.93 bits per heavy atom. The number of aromatic nitrogens is 4. The Labute approximate surface area is 163 Å². The summed E-state index contributed by atoms with van der Waals surface area (Å²) in [5.74, 6) is -0.171. The van der Waals surface area contributed by atoms with E-state index < -0.39 is 5.91 Å². The number of hydrogen-bond acceptors (Lipinski definition) is 5. The molecule has 2 N–H and O–H groups in total. The molecule has 4 aromatic heterocycles. The van der Waals surface area contributed by atoms with E-state index in [1.165, 1.54) is 11.3 Å². The van der Waals surface area contributed by atoms with Crippen molar-refractivity contribution in [1.29, 1.82) is 0 Å². The normalized spacial score (nSPS) is 11.0. The molecule has 27 heavy (non-hydrogen) atoms. The van der Waals surface area contributed by atoms with Crippen LogP contribution < -0.4 is 9.88 Å². The van der Waals surface area contributed by atoms with Crippen LogP contribution in [-0.4, -0.2) is 25.4 Å². The van der Waals surface area contributed by atoms with E-state index in [0.29, 0.717) is 22.5 Å². The number of nitrogens with one attached hydrogen (secondary N) is 1. The molecule has 0 aliphatic rings. The zero-order valence-electron chi connectivity index (χ0n) is 14.3. The highest BCUT2D eigenvalue weighted by Crippen LogP contribution is 2.22. The monoisotopic (exact) mass is 400 g/mol. The third kappa shape index (κ3) is 3.36. The van der Waals surface area contributed by atoms with Gasteiger partial charge in [-0.1, -0.05) is 23.7 Å². The lowest BCUT2D eigenvalue weighted by Gasteiger charge is -2.02. The summed E-state index contributed by atoms with van der Waals surface area (Å²) in [5.41, 5.74) is 1.58. The quantitative estimate of drug-likeness (QED) is 0.516. The maximum absolute atomic E-state index is 12.9. The summed E-state index contributed by atoms with van der Waals surface area (Å²) < 4.78 is 3.71. The van der Waals surface area contributed by atoms with E-state index in [1.54, 1.807) is 33.5 Å². The molecule has 0 radical (unpaired) electrons. The zero-order valence-corrected chi connectivity index (χ0v) is 15.8. The lowest BCUT2D eigenvalue weighted by atomic mass is 10.3. The number of anilines is 1. The largest absolute Gasteiger partial charge is 0.474 e. The van der Waals surface area contributed by atoms with Gasteiger partial charge in [-0.2, -0.15) is 8.97 Å². The Hall–Kier alpha value is -2.97. The van der Waals surface area contributed by atoms with Crippen LogP contribution in [-0.2, 0) is 6.54 Å². The molecular formula is C18H15ClN5O2S+. The molecule has 7 nitrogen and oxygen atoms in total. The van der Waals surface area contributed by atoms with Crippen molar-refractivity contribution in [1.82, 2.24) is 14.4 Å². The predicted octanol–water partition coefficient (Wildman–Crippen LogP) is 3.05. The first-order valence-electron chi connectivity index (χ1n) is 8.10. The first kappa shape index (κ1) is 17.4. The molecule has 0 atom stereocenters. The number of carbonyl (C=O) groups is 1. The van der Waals surface area contributed by atoms with Crippen molar-refractivity contribution in [2.75, 3.05) is 5.32 Å². The maximum Gasteiger partial charge on any atom is 0.337 e. The van der Waals surface area contributed by atoms with Crippen molar-refractivity contribution in [3.05, 3.63) is 69.5 Å². The number of halogens is 1. The fourth-order valence-electron chi connectivity index (χ4n) is 2.85. The number of carbonyl (C=O) groups excluding carboxylic acids is 1.